The summed E-state index contributed by atoms with van der Waals surface area (Å²) in [4.78, 5) is 17.1. The lowest BCUT2D eigenvalue weighted by Gasteiger charge is -2.17. The summed E-state index contributed by atoms with van der Waals surface area (Å²) in [5.74, 6) is -1.60. The van der Waals surface area contributed by atoms with Gasteiger partial charge in [-0.05, 0) is 43.2 Å². The van der Waals surface area contributed by atoms with E-state index in [0.29, 0.717) is 22.3 Å². The van der Waals surface area contributed by atoms with Crippen LogP contribution in [0.25, 0.3) is 22.0 Å². The second-order valence-electron chi connectivity index (χ2n) is 7.13. The van der Waals surface area contributed by atoms with Crippen molar-refractivity contribution in [3.63, 3.8) is 0 Å². The Morgan fingerprint density at radius 3 is 2.45 bits per heavy atom. The third-order valence-electron chi connectivity index (χ3n) is 5.13. The van der Waals surface area contributed by atoms with Gasteiger partial charge in [0.25, 0.3) is 0 Å². The van der Waals surface area contributed by atoms with Crippen molar-refractivity contribution in [2.75, 3.05) is 10.6 Å². The Morgan fingerprint density at radius 2 is 1.71 bits per heavy atom. The number of carbonyl (C=O) groups excluding carboxylic acids is 1. The molecule has 0 atom stereocenters. The number of benzene rings is 3. The Labute approximate surface area is 182 Å². The van der Waals surface area contributed by atoms with Gasteiger partial charge in [-0.2, -0.15) is 0 Å². The number of aryl methyl sites for hydroxylation is 2. The van der Waals surface area contributed by atoms with Crippen molar-refractivity contribution in [2.45, 2.75) is 13.8 Å². The molecule has 4 rings (SSSR count). The number of rotatable bonds is 3. The molecule has 0 radical (unpaired) electrons. The Morgan fingerprint density at radius 1 is 0.968 bits per heavy atom. The number of fused-ring (bicyclic) bond motifs is 1. The minimum Gasteiger partial charge on any atom is -0.306 e. The molecule has 0 saturated carbocycles. The van der Waals surface area contributed by atoms with Crippen LogP contribution < -0.4 is 10.6 Å². The zero-order chi connectivity index (χ0) is 22.1. The van der Waals surface area contributed by atoms with Crippen LogP contribution in [0.1, 0.15) is 11.1 Å². The van der Waals surface area contributed by atoms with E-state index in [4.69, 9.17) is 11.6 Å². The van der Waals surface area contributed by atoms with Crippen LogP contribution in [-0.4, -0.2) is 11.0 Å². The molecule has 2 amide bonds. The van der Waals surface area contributed by atoms with E-state index in [1.165, 1.54) is 0 Å². The van der Waals surface area contributed by atoms with E-state index >= 15 is 0 Å². The maximum Gasteiger partial charge on any atom is 0.323 e. The SMILES string of the molecule is Cc1ccc2c(-c3ccccc3Cl)c(NC(=O)Nc3ccc(F)cc3F)cnc2c1C. The minimum atomic E-state index is -0.871. The van der Waals surface area contributed by atoms with E-state index in [0.717, 1.165) is 39.7 Å². The predicted octanol–water partition coefficient (Wildman–Crippen LogP) is 7.09. The van der Waals surface area contributed by atoms with E-state index in [1.807, 2.05) is 44.2 Å². The maximum atomic E-state index is 13.9. The monoisotopic (exact) mass is 437 g/mol. The average molecular weight is 438 g/mol. The summed E-state index contributed by atoms with van der Waals surface area (Å²) in [6.07, 6.45) is 1.55. The molecule has 2 N–H and O–H groups in total. The number of carbonyl (C=O) groups is 1. The zero-order valence-corrected chi connectivity index (χ0v) is 17.5. The third kappa shape index (κ3) is 4.07. The van der Waals surface area contributed by atoms with Gasteiger partial charge in [0.15, 0.2) is 0 Å². The van der Waals surface area contributed by atoms with Gasteiger partial charge in [-0.15, -0.1) is 0 Å². The van der Waals surface area contributed by atoms with Gasteiger partial charge in [0.1, 0.15) is 11.6 Å². The van der Waals surface area contributed by atoms with E-state index in [2.05, 4.69) is 15.6 Å². The largest absolute Gasteiger partial charge is 0.323 e. The highest BCUT2D eigenvalue weighted by Gasteiger charge is 2.18. The van der Waals surface area contributed by atoms with Crippen molar-refractivity contribution in [3.05, 3.63) is 88.6 Å². The second-order valence-corrected chi connectivity index (χ2v) is 7.54. The first kappa shape index (κ1) is 20.8. The van der Waals surface area contributed by atoms with Gasteiger partial charge in [-0.1, -0.05) is 41.9 Å². The van der Waals surface area contributed by atoms with Gasteiger partial charge in [0.2, 0.25) is 0 Å². The molecule has 0 fully saturated rings. The fourth-order valence-electron chi connectivity index (χ4n) is 3.42. The summed E-state index contributed by atoms with van der Waals surface area (Å²) in [6, 6.07) is 13.5. The normalized spacial score (nSPS) is 10.9. The molecule has 7 heteroatoms. The van der Waals surface area contributed by atoms with Crippen LogP contribution in [0.5, 0.6) is 0 Å². The van der Waals surface area contributed by atoms with E-state index < -0.39 is 17.7 Å². The van der Waals surface area contributed by atoms with Crippen LogP contribution in [0.2, 0.25) is 5.02 Å². The molecule has 0 spiro atoms. The average Bonchev–Trinajstić information content (AvgIpc) is 2.73. The molecule has 0 aliphatic rings. The number of anilines is 2. The van der Waals surface area contributed by atoms with Crippen LogP contribution in [0.15, 0.2) is 60.8 Å². The number of nitrogens with zero attached hydrogens (tertiary/aromatic N) is 1. The zero-order valence-electron chi connectivity index (χ0n) is 16.8. The molecule has 0 aliphatic heterocycles. The first-order valence-electron chi connectivity index (χ1n) is 9.52. The molecule has 0 saturated heterocycles. The smallest absolute Gasteiger partial charge is 0.306 e. The van der Waals surface area contributed by atoms with Crippen LogP contribution in [0.3, 0.4) is 0 Å². The number of nitrogens with one attached hydrogen (secondary N) is 2. The van der Waals surface area contributed by atoms with Crippen molar-refractivity contribution in [2.24, 2.45) is 0 Å². The summed E-state index contributed by atoms with van der Waals surface area (Å²) in [7, 11) is 0. The molecule has 0 aliphatic carbocycles. The number of amides is 2. The summed E-state index contributed by atoms with van der Waals surface area (Å²) < 4.78 is 27.1. The minimum absolute atomic E-state index is 0.140. The van der Waals surface area contributed by atoms with Crippen molar-refractivity contribution < 1.29 is 13.6 Å². The molecule has 1 heterocycles. The molecule has 0 unspecified atom stereocenters. The highest BCUT2D eigenvalue weighted by molar-refractivity contribution is 6.34. The highest BCUT2D eigenvalue weighted by atomic mass is 35.5. The topological polar surface area (TPSA) is 54.0 Å². The first-order valence-corrected chi connectivity index (χ1v) is 9.90. The van der Waals surface area contributed by atoms with Crippen LogP contribution in [0.4, 0.5) is 25.0 Å². The van der Waals surface area contributed by atoms with Crippen LogP contribution in [0, 0.1) is 25.5 Å². The molecule has 0 bridgehead atoms. The lowest BCUT2D eigenvalue weighted by Crippen LogP contribution is -2.21. The van der Waals surface area contributed by atoms with Gasteiger partial charge >= 0.3 is 6.03 Å². The van der Waals surface area contributed by atoms with E-state index in [9.17, 15) is 13.6 Å². The van der Waals surface area contributed by atoms with Crippen molar-refractivity contribution in [1.29, 1.82) is 0 Å². The second kappa shape index (κ2) is 8.32. The fraction of sp³-hybridized carbons (Fsp3) is 0.0833. The molecular formula is C24H18ClF2N3O. The molecule has 4 aromatic rings. The van der Waals surface area contributed by atoms with Gasteiger partial charge in [-0.25, -0.2) is 13.6 Å². The standard InChI is InChI=1S/C24H18ClF2N3O/c1-13-7-9-17-22(16-5-3-4-6-18(16)25)21(12-28-23(17)14(13)2)30-24(31)29-20-10-8-15(26)11-19(20)27/h3-12H,1-2H3,(H2,29,30,31). The van der Waals surface area contributed by atoms with Crippen molar-refractivity contribution in [1.82, 2.24) is 4.98 Å². The van der Waals surface area contributed by atoms with Crippen molar-refractivity contribution >= 4 is 39.9 Å². The summed E-state index contributed by atoms with van der Waals surface area (Å²) in [5.41, 5.74) is 4.61. The van der Waals surface area contributed by atoms with Gasteiger partial charge in [-0.3, -0.25) is 4.98 Å². The maximum absolute atomic E-state index is 13.9. The Bertz CT molecular complexity index is 1320. The molecule has 3 aromatic carbocycles. The number of urea groups is 1. The van der Waals surface area contributed by atoms with Crippen LogP contribution >= 0.6 is 11.6 Å². The van der Waals surface area contributed by atoms with Crippen molar-refractivity contribution in [3.8, 4) is 11.1 Å². The number of halogens is 3. The number of pyridine rings is 1. The van der Waals surface area contributed by atoms with Gasteiger partial charge < -0.3 is 10.6 Å². The lowest BCUT2D eigenvalue weighted by atomic mass is 9.96. The predicted molar refractivity (Wildman–Crippen MR) is 121 cm³/mol. The molecule has 1 aromatic heterocycles. The molecule has 156 valence electrons. The summed E-state index contributed by atoms with van der Waals surface area (Å²) in [6.45, 7) is 3.99. The summed E-state index contributed by atoms with van der Waals surface area (Å²) in [5, 5.41) is 6.45. The Hall–Kier alpha value is -3.51. The highest BCUT2D eigenvalue weighted by Crippen LogP contribution is 2.39. The van der Waals surface area contributed by atoms with Gasteiger partial charge in [0, 0.05) is 27.6 Å². The lowest BCUT2D eigenvalue weighted by molar-refractivity contribution is 0.262. The summed E-state index contributed by atoms with van der Waals surface area (Å²) >= 11 is 6.47. The quantitative estimate of drug-likeness (QED) is 0.359. The first-order chi connectivity index (χ1) is 14.8. The van der Waals surface area contributed by atoms with Gasteiger partial charge in [0.05, 0.1) is 23.1 Å². The number of aromatic nitrogens is 1. The Kier molecular flexibility index (Phi) is 5.57. The number of hydrogen-bond acceptors (Lipinski definition) is 2. The fourth-order valence-corrected chi connectivity index (χ4v) is 3.65. The van der Waals surface area contributed by atoms with Crippen LogP contribution in [-0.2, 0) is 0 Å². The third-order valence-corrected chi connectivity index (χ3v) is 5.46. The Balaban J connectivity index is 1.80. The molecule has 4 nitrogen and oxygen atoms in total. The number of hydrogen-bond donors (Lipinski definition) is 2. The van der Waals surface area contributed by atoms with E-state index in [1.54, 1.807) is 12.3 Å². The van der Waals surface area contributed by atoms with E-state index in [-0.39, 0.29) is 5.69 Å². The molecule has 31 heavy (non-hydrogen) atoms. The molecular weight excluding hydrogens is 420 g/mol.